The Labute approximate surface area is 453 Å². The highest BCUT2D eigenvalue weighted by Gasteiger charge is 2.41. The second kappa shape index (κ2) is 15.5. The molecule has 0 aliphatic heterocycles. The van der Waals surface area contributed by atoms with Gasteiger partial charge in [-0.1, -0.05) is 210 Å². The molecule has 0 saturated heterocycles. The van der Waals surface area contributed by atoms with Crippen LogP contribution in [0.4, 0.5) is 0 Å². The lowest BCUT2D eigenvalue weighted by Crippen LogP contribution is -2.15. The summed E-state index contributed by atoms with van der Waals surface area (Å²) >= 11 is 1.97. The Balaban J connectivity index is 0.792. The van der Waals surface area contributed by atoms with Crippen molar-refractivity contribution >= 4 is 53.1 Å². The zero-order chi connectivity index (χ0) is 51.1. The second-order valence-corrected chi connectivity index (χ2v) is 24.4. The Kier molecular flexibility index (Phi) is 8.78. The molecule has 4 aliphatic rings. The summed E-state index contributed by atoms with van der Waals surface area (Å²) in [6, 6.07) is 83.5. The van der Waals surface area contributed by atoms with Crippen LogP contribution in [-0.2, 0) is 23.7 Å². The molecule has 0 N–H and O–H groups in total. The molecule has 77 heavy (non-hydrogen) atoms. The summed E-state index contributed by atoms with van der Waals surface area (Å²) in [5.74, 6) is 0. The van der Waals surface area contributed by atoms with Gasteiger partial charge in [0, 0.05) is 31.0 Å². The summed E-state index contributed by atoms with van der Waals surface area (Å²) in [7, 11) is 0. The molecule has 13 aromatic rings. The minimum Gasteiger partial charge on any atom is -0.135 e. The molecule has 362 valence electrons. The average Bonchev–Trinajstić information content (AvgIpc) is 4.46. The number of rotatable bonds is 4. The summed E-state index contributed by atoms with van der Waals surface area (Å²) in [5, 5.41) is 8.08. The largest absolute Gasteiger partial charge is 0.135 e. The summed E-state index contributed by atoms with van der Waals surface area (Å²) in [6.45, 7) is 9.88. The van der Waals surface area contributed by atoms with Crippen molar-refractivity contribution in [2.24, 2.45) is 0 Å². The van der Waals surface area contributed by atoms with Gasteiger partial charge in [-0.05, 0) is 204 Å². The maximum atomic E-state index is 2.59. The summed E-state index contributed by atoms with van der Waals surface area (Å²) < 4.78 is 2.72. The van der Waals surface area contributed by atoms with Gasteiger partial charge in [-0.15, -0.1) is 11.3 Å². The van der Waals surface area contributed by atoms with Crippen molar-refractivity contribution in [1.82, 2.24) is 0 Å². The smallest absolute Gasteiger partial charge is 0.0361 e. The van der Waals surface area contributed by atoms with Crippen molar-refractivity contribution < 1.29 is 0 Å². The highest BCUT2D eigenvalue weighted by molar-refractivity contribution is 7.25. The lowest BCUT2D eigenvalue weighted by atomic mass is 9.79. The zero-order valence-electron chi connectivity index (χ0n) is 43.6. The van der Waals surface area contributed by atoms with E-state index < -0.39 is 0 Å². The standard InChI is InChI=1S/C76H52S/c1-75(2)67-39-63-64-40-68-66(74-56-26-14-12-24-52(56)62(38-70(74)76(68,3)4)54-34-18-32-50-48-30-16-28-46(58(48)36-60(50)54)44-21-9-6-10-22-44)42-72(64)77-71(63)41-65(67)73-55-25-13-11-23-51(55)61(37-69(73)75)53-33-17-31-49-47-29-15-27-45(57(47)35-59(49)53)43-19-7-5-8-20-43/h5-34,37-42H,35-36H2,1-4H3. The Bertz CT molecular complexity index is 4470. The fourth-order valence-electron chi connectivity index (χ4n) is 15.1. The molecule has 0 radical (unpaired) electrons. The summed E-state index contributed by atoms with van der Waals surface area (Å²) in [4.78, 5) is 0. The van der Waals surface area contributed by atoms with Gasteiger partial charge < -0.3 is 0 Å². The van der Waals surface area contributed by atoms with Crippen LogP contribution in [0.2, 0.25) is 0 Å². The molecule has 1 aromatic heterocycles. The molecule has 4 aliphatic carbocycles. The van der Waals surface area contributed by atoms with Gasteiger partial charge in [0.15, 0.2) is 0 Å². The van der Waals surface area contributed by atoms with Crippen LogP contribution < -0.4 is 0 Å². The van der Waals surface area contributed by atoms with Crippen molar-refractivity contribution in [3.05, 3.63) is 263 Å². The third-order valence-corrected chi connectivity index (χ3v) is 19.9. The van der Waals surface area contributed by atoms with E-state index in [0.717, 1.165) is 12.8 Å². The van der Waals surface area contributed by atoms with E-state index in [-0.39, 0.29) is 10.8 Å². The van der Waals surface area contributed by atoms with E-state index in [9.17, 15) is 0 Å². The van der Waals surface area contributed by atoms with Crippen molar-refractivity contribution in [3.63, 3.8) is 0 Å². The molecule has 0 fully saturated rings. The predicted octanol–water partition coefficient (Wildman–Crippen LogP) is 20.8. The molecule has 0 amide bonds. The number of fused-ring (bicyclic) bond motifs is 19. The molecular weight excluding hydrogens is 945 g/mol. The highest BCUT2D eigenvalue weighted by atomic mass is 32.1. The van der Waals surface area contributed by atoms with Crippen LogP contribution in [0.5, 0.6) is 0 Å². The van der Waals surface area contributed by atoms with Crippen LogP contribution in [0.3, 0.4) is 0 Å². The third kappa shape index (κ3) is 5.88. The topological polar surface area (TPSA) is 0 Å². The normalized spacial score (nSPS) is 14.6. The van der Waals surface area contributed by atoms with Crippen LogP contribution in [0, 0.1) is 0 Å². The van der Waals surface area contributed by atoms with Crippen molar-refractivity contribution in [3.8, 4) is 89.0 Å². The predicted molar refractivity (Wildman–Crippen MR) is 328 cm³/mol. The number of thiophene rings is 1. The summed E-state index contributed by atoms with van der Waals surface area (Å²) in [5.41, 5.74) is 32.6. The first-order valence-electron chi connectivity index (χ1n) is 27.5. The molecule has 1 heteroatoms. The SMILES string of the molecule is CC1(C)c2cc3c(cc2-c2c1cc(-c1cccc4c1Cc1c(-c5ccccc5)cccc1-4)c1ccccc21)sc1cc2c(cc13)C(C)(C)c1cc(-c3cccc4c3Cc3c(-c5ccccc5)cccc3-4)c3ccccc3c1-2. The number of hydrogen-bond acceptors (Lipinski definition) is 1. The maximum Gasteiger partial charge on any atom is 0.0361 e. The van der Waals surface area contributed by atoms with Gasteiger partial charge in [0.25, 0.3) is 0 Å². The fourth-order valence-corrected chi connectivity index (χ4v) is 16.3. The highest BCUT2D eigenvalue weighted by Crippen LogP contribution is 2.59. The molecule has 12 aromatic carbocycles. The Morgan fingerprint density at radius 1 is 0.260 bits per heavy atom. The molecule has 17 rings (SSSR count). The quantitative estimate of drug-likeness (QED) is 0.165. The van der Waals surface area contributed by atoms with E-state index in [1.54, 1.807) is 0 Å². The molecule has 0 atom stereocenters. The second-order valence-electron chi connectivity index (χ2n) is 23.3. The number of hydrogen-bond donors (Lipinski definition) is 0. The first-order valence-corrected chi connectivity index (χ1v) is 28.3. The van der Waals surface area contributed by atoms with Crippen molar-refractivity contribution in [1.29, 1.82) is 0 Å². The van der Waals surface area contributed by atoms with Crippen LogP contribution in [0.1, 0.15) is 72.2 Å². The minimum atomic E-state index is -0.211. The van der Waals surface area contributed by atoms with Gasteiger partial charge in [0.2, 0.25) is 0 Å². The first kappa shape index (κ1) is 43.6. The fraction of sp³-hybridized carbons (Fsp3) is 0.105. The van der Waals surface area contributed by atoms with Gasteiger partial charge in [-0.3, -0.25) is 0 Å². The molecule has 0 unspecified atom stereocenters. The molecule has 1 heterocycles. The lowest BCUT2D eigenvalue weighted by Gasteiger charge is -2.24. The average molecular weight is 997 g/mol. The van der Waals surface area contributed by atoms with Gasteiger partial charge >= 0.3 is 0 Å². The lowest BCUT2D eigenvalue weighted by molar-refractivity contribution is 0.661. The van der Waals surface area contributed by atoms with E-state index >= 15 is 0 Å². The van der Waals surface area contributed by atoms with Crippen molar-refractivity contribution in [2.75, 3.05) is 0 Å². The van der Waals surface area contributed by atoms with Gasteiger partial charge in [0.05, 0.1) is 0 Å². The first-order chi connectivity index (χ1) is 37.7. The van der Waals surface area contributed by atoms with Crippen molar-refractivity contribution in [2.45, 2.75) is 51.4 Å². The van der Waals surface area contributed by atoms with Crippen LogP contribution in [0.15, 0.2) is 218 Å². The monoisotopic (exact) mass is 996 g/mol. The van der Waals surface area contributed by atoms with Gasteiger partial charge in [0.1, 0.15) is 0 Å². The van der Waals surface area contributed by atoms with Crippen LogP contribution >= 0.6 is 11.3 Å². The molecular formula is C76H52S. The Morgan fingerprint density at radius 2 is 0.584 bits per heavy atom. The Hall–Kier alpha value is -8.62. The van der Waals surface area contributed by atoms with E-state index in [2.05, 4.69) is 246 Å². The summed E-state index contributed by atoms with van der Waals surface area (Å²) in [6.07, 6.45) is 1.85. The van der Waals surface area contributed by atoms with Crippen LogP contribution in [-0.4, -0.2) is 0 Å². The molecule has 0 bridgehead atoms. The van der Waals surface area contributed by atoms with Crippen LogP contribution in [0.25, 0.3) is 131 Å². The van der Waals surface area contributed by atoms with E-state index in [4.69, 9.17) is 0 Å². The van der Waals surface area contributed by atoms with E-state index in [1.165, 1.54) is 175 Å². The third-order valence-electron chi connectivity index (χ3n) is 18.8. The molecule has 0 nitrogen and oxygen atoms in total. The molecule has 0 spiro atoms. The van der Waals surface area contributed by atoms with E-state index in [1.807, 2.05) is 11.3 Å². The maximum absolute atomic E-state index is 2.59. The molecule has 0 saturated carbocycles. The van der Waals surface area contributed by atoms with E-state index in [0.29, 0.717) is 0 Å². The minimum absolute atomic E-state index is 0.211. The van der Waals surface area contributed by atoms with Gasteiger partial charge in [-0.2, -0.15) is 0 Å². The Morgan fingerprint density at radius 3 is 0.974 bits per heavy atom. The zero-order valence-corrected chi connectivity index (χ0v) is 44.4. The number of benzene rings is 12. The van der Waals surface area contributed by atoms with Gasteiger partial charge in [-0.25, -0.2) is 0 Å².